The van der Waals surface area contributed by atoms with E-state index in [0.717, 1.165) is 17.7 Å². The molecule has 2 rings (SSSR count). The Balaban J connectivity index is 0.00000180. The van der Waals surface area contributed by atoms with Crippen LogP contribution in [0.4, 0.5) is 0 Å². The molecule has 0 unspecified atom stereocenters. The number of methoxy groups -OCH3 is 1. The minimum Gasteiger partial charge on any atom is -0.496 e. The van der Waals surface area contributed by atoms with Crippen molar-refractivity contribution in [2.45, 2.75) is 26.3 Å². The Bertz CT molecular complexity index is 539. The minimum atomic E-state index is 0. The Morgan fingerprint density at radius 3 is 2.42 bits per heavy atom. The number of halogens is 1. The second-order valence-electron chi connectivity index (χ2n) is 5.14. The zero-order valence-corrected chi connectivity index (χ0v) is 12.5. The summed E-state index contributed by atoms with van der Waals surface area (Å²) in [6, 6.07) is 12.4. The lowest BCUT2D eigenvalue weighted by atomic mass is 9.92. The molecule has 0 saturated heterocycles. The van der Waals surface area contributed by atoms with E-state index in [-0.39, 0.29) is 18.4 Å². The van der Waals surface area contributed by atoms with Crippen molar-refractivity contribution in [3.63, 3.8) is 0 Å². The summed E-state index contributed by atoms with van der Waals surface area (Å²) in [6.07, 6.45) is 0.963. The molecule has 0 aliphatic carbocycles. The number of rotatable bonds is 4. The summed E-state index contributed by atoms with van der Waals surface area (Å²) in [5.41, 5.74) is 7.49. The zero-order chi connectivity index (χ0) is 13.1. The van der Waals surface area contributed by atoms with Crippen LogP contribution < -0.4 is 10.5 Å². The van der Waals surface area contributed by atoms with Crippen LogP contribution in [0.3, 0.4) is 0 Å². The lowest BCUT2D eigenvalue weighted by Crippen LogP contribution is -2.14. The SMILES string of the molecule is COc1ccc2ccccc2c1[C@@H](N)CC(C)C.Cl. The van der Waals surface area contributed by atoms with Crippen LogP contribution in [-0.4, -0.2) is 7.11 Å². The molecular formula is C16H22ClNO. The molecule has 2 aromatic rings. The molecule has 0 amide bonds. The van der Waals surface area contributed by atoms with Gasteiger partial charge in [0, 0.05) is 11.6 Å². The number of nitrogens with two attached hydrogens (primary N) is 1. The normalized spacial score (nSPS) is 12.3. The Morgan fingerprint density at radius 2 is 1.79 bits per heavy atom. The van der Waals surface area contributed by atoms with E-state index in [9.17, 15) is 0 Å². The van der Waals surface area contributed by atoms with E-state index in [1.54, 1.807) is 7.11 Å². The molecule has 2 N–H and O–H groups in total. The summed E-state index contributed by atoms with van der Waals surface area (Å²) in [6.45, 7) is 4.38. The molecule has 1 atom stereocenters. The minimum absolute atomic E-state index is 0. The van der Waals surface area contributed by atoms with Gasteiger partial charge in [-0.05, 0) is 29.2 Å². The number of hydrogen-bond acceptors (Lipinski definition) is 2. The molecule has 0 bridgehead atoms. The maximum atomic E-state index is 6.36. The van der Waals surface area contributed by atoms with Gasteiger partial charge in [-0.2, -0.15) is 0 Å². The monoisotopic (exact) mass is 279 g/mol. The number of hydrogen-bond donors (Lipinski definition) is 1. The maximum Gasteiger partial charge on any atom is 0.124 e. The molecule has 3 heteroatoms. The standard InChI is InChI=1S/C16H21NO.ClH/c1-11(2)10-14(17)16-13-7-5-4-6-12(13)8-9-15(16)18-3;/h4-9,11,14H,10,17H2,1-3H3;1H/t14-;/m0./s1. The van der Waals surface area contributed by atoms with E-state index in [0.29, 0.717) is 5.92 Å². The third kappa shape index (κ3) is 3.40. The van der Waals surface area contributed by atoms with Crippen LogP contribution in [0.1, 0.15) is 31.9 Å². The quantitative estimate of drug-likeness (QED) is 0.905. The highest BCUT2D eigenvalue weighted by molar-refractivity contribution is 5.88. The molecule has 2 nitrogen and oxygen atoms in total. The molecule has 0 fully saturated rings. The predicted molar refractivity (Wildman–Crippen MR) is 84.1 cm³/mol. The average molecular weight is 280 g/mol. The van der Waals surface area contributed by atoms with Gasteiger partial charge >= 0.3 is 0 Å². The van der Waals surface area contributed by atoms with E-state index in [1.165, 1.54) is 10.8 Å². The van der Waals surface area contributed by atoms with E-state index >= 15 is 0 Å². The van der Waals surface area contributed by atoms with Gasteiger partial charge in [0.15, 0.2) is 0 Å². The maximum absolute atomic E-state index is 6.36. The van der Waals surface area contributed by atoms with Crippen molar-refractivity contribution in [1.29, 1.82) is 0 Å². The van der Waals surface area contributed by atoms with Crippen LogP contribution >= 0.6 is 12.4 Å². The van der Waals surface area contributed by atoms with Crippen molar-refractivity contribution >= 4 is 23.2 Å². The summed E-state index contributed by atoms with van der Waals surface area (Å²) in [5, 5.41) is 2.41. The van der Waals surface area contributed by atoms with Crippen LogP contribution in [0.25, 0.3) is 10.8 Å². The highest BCUT2D eigenvalue weighted by atomic mass is 35.5. The fraction of sp³-hybridized carbons (Fsp3) is 0.375. The van der Waals surface area contributed by atoms with Gasteiger partial charge in [-0.15, -0.1) is 12.4 Å². The molecule has 0 spiro atoms. The third-order valence-corrected chi connectivity index (χ3v) is 3.25. The van der Waals surface area contributed by atoms with Gasteiger partial charge in [0.25, 0.3) is 0 Å². The van der Waals surface area contributed by atoms with Crippen LogP contribution in [0.5, 0.6) is 5.75 Å². The van der Waals surface area contributed by atoms with Crippen molar-refractivity contribution in [2.75, 3.05) is 7.11 Å². The third-order valence-electron chi connectivity index (χ3n) is 3.25. The van der Waals surface area contributed by atoms with Gasteiger partial charge in [-0.25, -0.2) is 0 Å². The van der Waals surface area contributed by atoms with Crippen molar-refractivity contribution < 1.29 is 4.74 Å². The lowest BCUT2D eigenvalue weighted by Gasteiger charge is -2.19. The Labute approximate surface area is 121 Å². The summed E-state index contributed by atoms with van der Waals surface area (Å²) in [5.74, 6) is 1.46. The van der Waals surface area contributed by atoms with Gasteiger partial charge in [-0.3, -0.25) is 0 Å². The molecule has 0 radical (unpaired) electrons. The molecular weight excluding hydrogens is 258 g/mol. The van der Waals surface area contributed by atoms with Crippen molar-refractivity contribution in [1.82, 2.24) is 0 Å². The van der Waals surface area contributed by atoms with Gasteiger partial charge in [-0.1, -0.05) is 44.2 Å². The predicted octanol–water partition coefficient (Wildman–Crippen LogP) is 4.32. The van der Waals surface area contributed by atoms with Crippen LogP contribution in [0.15, 0.2) is 36.4 Å². The largest absolute Gasteiger partial charge is 0.496 e. The first kappa shape index (κ1) is 15.8. The second kappa shape index (κ2) is 6.78. The topological polar surface area (TPSA) is 35.2 Å². The van der Waals surface area contributed by atoms with E-state index in [1.807, 2.05) is 18.2 Å². The van der Waals surface area contributed by atoms with Crippen LogP contribution in [0, 0.1) is 5.92 Å². The molecule has 0 heterocycles. The highest BCUT2D eigenvalue weighted by Crippen LogP contribution is 2.34. The summed E-state index contributed by atoms with van der Waals surface area (Å²) < 4.78 is 5.48. The molecule has 0 aliphatic rings. The fourth-order valence-electron chi connectivity index (χ4n) is 2.46. The Hall–Kier alpha value is -1.25. The first-order chi connectivity index (χ1) is 8.63. The molecule has 104 valence electrons. The first-order valence-corrected chi connectivity index (χ1v) is 6.44. The van der Waals surface area contributed by atoms with E-state index in [2.05, 4.69) is 32.0 Å². The van der Waals surface area contributed by atoms with Crippen LogP contribution in [0.2, 0.25) is 0 Å². The number of benzene rings is 2. The molecule has 0 aliphatic heterocycles. The summed E-state index contributed by atoms with van der Waals surface area (Å²) in [4.78, 5) is 0. The highest BCUT2D eigenvalue weighted by Gasteiger charge is 2.16. The lowest BCUT2D eigenvalue weighted by molar-refractivity contribution is 0.401. The van der Waals surface area contributed by atoms with Crippen LogP contribution in [-0.2, 0) is 0 Å². The molecule has 0 aromatic heterocycles. The second-order valence-corrected chi connectivity index (χ2v) is 5.14. The zero-order valence-electron chi connectivity index (χ0n) is 11.7. The smallest absolute Gasteiger partial charge is 0.124 e. The summed E-state index contributed by atoms with van der Waals surface area (Å²) in [7, 11) is 1.70. The van der Waals surface area contributed by atoms with Crippen molar-refractivity contribution in [2.24, 2.45) is 11.7 Å². The van der Waals surface area contributed by atoms with Gasteiger partial charge in [0.1, 0.15) is 5.75 Å². The Morgan fingerprint density at radius 1 is 1.11 bits per heavy atom. The first-order valence-electron chi connectivity index (χ1n) is 6.44. The molecule has 2 aromatic carbocycles. The van der Waals surface area contributed by atoms with Gasteiger partial charge < -0.3 is 10.5 Å². The average Bonchev–Trinajstić information content (AvgIpc) is 2.36. The van der Waals surface area contributed by atoms with Gasteiger partial charge in [0.05, 0.1) is 7.11 Å². The van der Waals surface area contributed by atoms with Gasteiger partial charge in [0.2, 0.25) is 0 Å². The summed E-state index contributed by atoms with van der Waals surface area (Å²) >= 11 is 0. The van der Waals surface area contributed by atoms with Crippen molar-refractivity contribution in [3.8, 4) is 5.75 Å². The van der Waals surface area contributed by atoms with E-state index < -0.39 is 0 Å². The molecule has 0 saturated carbocycles. The van der Waals surface area contributed by atoms with Crippen molar-refractivity contribution in [3.05, 3.63) is 42.0 Å². The number of ether oxygens (including phenoxy) is 1. The Kier molecular flexibility index (Phi) is 5.64. The fourth-order valence-corrected chi connectivity index (χ4v) is 2.46. The molecule has 19 heavy (non-hydrogen) atoms. The number of fused-ring (bicyclic) bond motifs is 1. The van der Waals surface area contributed by atoms with E-state index in [4.69, 9.17) is 10.5 Å².